The fourth-order valence-corrected chi connectivity index (χ4v) is 1.57. The Morgan fingerprint density at radius 3 is 1.85 bits per heavy atom. The molecule has 0 aromatic rings. The maximum atomic E-state index is 2.28. The smallest absolute Gasteiger partial charge is 0.0181 e. The average Bonchev–Trinajstić information content (AvgIpc) is 2.38. The molecule has 2 aliphatic rings. The van der Waals surface area contributed by atoms with E-state index in [9.17, 15) is 0 Å². The second-order valence-corrected chi connectivity index (χ2v) is 3.76. The molecule has 0 radical (unpaired) electrons. The van der Waals surface area contributed by atoms with E-state index in [-0.39, 0.29) is 0 Å². The minimum atomic E-state index is 0.623. The maximum absolute atomic E-state index is 2.28. The normalized spacial score (nSPS) is 11.0. The quantitative estimate of drug-likeness (QED) is 0.608. The van der Waals surface area contributed by atoms with Gasteiger partial charge in [0.1, 0.15) is 0 Å². The van der Waals surface area contributed by atoms with Gasteiger partial charge < -0.3 is 0 Å². The molecule has 0 unspecified atom stereocenters. The third-order valence-electron chi connectivity index (χ3n) is 2.42. The van der Waals surface area contributed by atoms with Gasteiger partial charge >= 0.3 is 0 Å². The van der Waals surface area contributed by atoms with E-state index < -0.39 is 0 Å². The predicted molar refractivity (Wildman–Crippen MR) is 57.2 cm³/mol. The molecule has 0 aliphatic heterocycles. The van der Waals surface area contributed by atoms with Crippen LogP contribution < -0.4 is 0 Å². The van der Waals surface area contributed by atoms with Crippen LogP contribution >= 0.6 is 0 Å². The number of hydrogen-bond donors (Lipinski definition) is 0. The van der Waals surface area contributed by atoms with Crippen LogP contribution in [-0.2, 0) is 0 Å². The lowest BCUT2D eigenvalue weighted by Crippen LogP contribution is -1.79. The van der Waals surface area contributed by atoms with Gasteiger partial charge in [-0.3, -0.25) is 0 Å². The molecular formula is C13H14. The Bertz CT molecular complexity index is 343. The van der Waals surface area contributed by atoms with E-state index in [2.05, 4.69) is 56.3 Å². The van der Waals surface area contributed by atoms with Crippen molar-refractivity contribution in [2.75, 3.05) is 0 Å². The van der Waals surface area contributed by atoms with Crippen molar-refractivity contribution < 1.29 is 0 Å². The van der Waals surface area contributed by atoms with Gasteiger partial charge in [-0.05, 0) is 22.6 Å². The molecule has 0 atom stereocenters. The fraction of sp³-hybridized carbons (Fsp3) is 0.231. The topological polar surface area (TPSA) is 0 Å². The molecule has 66 valence electrons. The van der Waals surface area contributed by atoms with E-state index in [1.807, 2.05) is 0 Å². The van der Waals surface area contributed by atoms with Gasteiger partial charge in [-0.1, -0.05) is 56.3 Å². The predicted octanol–water partition coefficient (Wildman–Crippen LogP) is 3.91. The number of hydrogen-bond acceptors (Lipinski definition) is 0. The van der Waals surface area contributed by atoms with Gasteiger partial charge in [0.2, 0.25) is 0 Å². The lowest BCUT2D eigenvalue weighted by Gasteiger charge is -1.97. The monoisotopic (exact) mass is 170 g/mol. The first-order valence-corrected chi connectivity index (χ1v) is 4.76. The van der Waals surface area contributed by atoms with E-state index in [0.717, 1.165) is 0 Å². The Labute approximate surface area is 79.6 Å². The Hall–Kier alpha value is -1.30. The molecular weight excluding hydrogens is 156 g/mol. The summed E-state index contributed by atoms with van der Waals surface area (Å²) in [4.78, 5) is 0. The lowest BCUT2D eigenvalue weighted by atomic mass is 10.1. The standard InChI is InChI=1S/C13H14/c1-10(2)13-8-11-6-4-3-5-7-12(11)9-13/h3-10H,1-2H3. The van der Waals surface area contributed by atoms with Crippen LogP contribution in [0.1, 0.15) is 25.3 Å². The van der Waals surface area contributed by atoms with Crippen LogP contribution in [0.2, 0.25) is 0 Å². The van der Waals surface area contributed by atoms with Crippen LogP contribution in [0.15, 0.2) is 42.5 Å². The van der Waals surface area contributed by atoms with Gasteiger partial charge in [0.25, 0.3) is 0 Å². The van der Waals surface area contributed by atoms with Crippen LogP contribution in [-0.4, -0.2) is 0 Å². The number of rotatable bonds is 1. The van der Waals surface area contributed by atoms with Gasteiger partial charge in [-0.15, -0.1) is 0 Å². The minimum Gasteiger partial charge on any atom is -0.0622 e. The molecule has 0 heteroatoms. The zero-order valence-electron chi connectivity index (χ0n) is 8.12. The van der Waals surface area contributed by atoms with Crippen LogP contribution in [0, 0.1) is 0 Å². The van der Waals surface area contributed by atoms with Crippen LogP contribution in [0.4, 0.5) is 0 Å². The van der Waals surface area contributed by atoms with Crippen molar-refractivity contribution in [2.24, 2.45) is 0 Å². The Morgan fingerprint density at radius 2 is 1.38 bits per heavy atom. The van der Waals surface area contributed by atoms with Crippen LogP contribution in [0.25, 0.3) is 11.1 Å². The molecule has 0 amide bonds. The van der Waals surface area contributed by atoms with E-state index in [1.165, 1.54) is 16.7 Å². The summed E-state index contributed by atoms with van der Waals surface area (Å²) in [6.07, 6.45) is 0. The second-order valence-electron chi connectivity index (χ2n) is 3.76. The van der Waals surface area contributed by atoms with Crippen molar-refractivity contribution in [3.05, 3.63) is 48.0 Å². The molecule has 0 aromatic heterocycles. The molecule has 13 heavy (non-hydrogen) atoms. The van der Waals surface area contributed by atoms with Crippen molar-refractivity contribution in [1.29, 1.82) is 0 Å². The molecule has 0 saturated heterocycles. The van der Waals surface area contributed by atoms with Crippen LogP contribution in [0.3, 0.4) is 0 Å². The SMILES string of the molecule is CC(C)c1cc2cccccc-2c1. The van der Waals surface area contributed by atoms with Crippen molar-refractivity contribution >= 4 is 0 Å². The lowest BCUT2D eigenvalue weighted by molar-refractivity contribution is 0.872. The largest absolute Gasteiger partial charge is 0.0622 e. The van der Waals surface area contributed by atoms with Gasteiger partial charge in [0, 0.05) is 0 Å². The molecule has 0 nitrogen and oxygen atoms in total. The van der Waals surface area contributed by atoms with E-state index in [1.54, 1.807) is 0 Å². The molecule has 0 fully saturated rings. The summed E-state index contributed by atoms with van der Waals surface area (Å²) in [6, 6.07) is 15.1. The van der Waals surface area contributed by atoms with Crippen molar-refractivity contribution in [3.63, 3.8) is 0 Å². The highest BCUT2D eigenvalue weighted by molar-refractivity contribution is 5.68. The Morgan fingerprint density at radius 1 is 0.846 bits per heavy atom. The first-order chi connectivity index (χ1) is 6.27. The van der Waals surface area contributed by atoms with E-state index in [0.29, 0.717) is 5.92 Å². The summed E-state index contributed by atoms with van der Waals surface area (Å²) in [7, 11) is 0. The Balaban J connectivity index is 2.57. The van der Waals surface area contributed by atoms with Gasteiger partial charge in [0.05, 0.1) is 0 Å². The highest BCUT2D eigenvalue weighted by atomic mass is 14.1. The van der Waals surface area contributed by atoms with Gasteiger partial charge in [0.15, 0.2) is 0 Å². The highest BCUT2D eigenvalue weighted by Gasteiger charge is 2.06. The summed E-state index contributed by atoms with van der Waals surface area (Å²) >= 11 is 0. The third-order valence-corrected chi connectivity index (χ3v) is 2.42. The fourth-order valence-electron chi connectivity index (χ4n) is 1.57. The van der Waals surface area contributed by atoms with Gasteiger partial charge in [-0.25, -0.2) is 0 Å². The van der Waals surface area contributed by atoms with Crippen molar-refractivity contribution in [2.45, 2.75) is 19.8 Å². The zero-order chi connectivity index (χ0) is 9.26. The first kappa shape index (κ1) is 8.31. The summed E-state index contributed by atoms with van der Waals surface area (Å²) in [5.41, 5.74) is 4.11. The minimum absolute atomic E-state index is 0.623. The van der Waals surface area contributed by atoms with E-state index in [4.69, 9.17) is 0 Å². The van der Waals surface area contributed by atoms with Crippen molar-refractivity contribution in [3.8, 4) is 11.1 Å². The van der Waals surface area contributed by atoms with Crippen LogP contribution in [0.5, 0.6) is 0 Å². The summed E-state index contributed by atoms with van der Waals surface area (Å²) in [6.45, 7) is 4.46. The summed E-state index contributed by atoms with van der Waals surface area (Å²) in [5.74, 6) is 0.623. The summed E-state index contributed by atoms with van der Waals surface area (Å²) < 4.78 is 0. The molecule has 0 aromatic carbocycles. The average molecular weight is 170 g/mol. The molecule has 0 heterocycles. The molecule has 2 rings (SSSR count). The third kappa shape index (κ3) is 1.57. The van der Waals surface area contributed by atoms with Gasteiger partial charge in [-0.2, -0.15) is 0 Å². The first-order valence-electron chi connectivity index (χ1n) is 4.76. The maximum Gasteiger partial charge on any atom is -0.0181 e. The number of fused-ring (bicyclic) bond motifs is 1. The molecule has 0 saturated carbocycles. The van der Waals surface area contributed by atoms with E-state index >= 15 is 0 Å². The second kappa shape index (κ2) is 3.21. The Kier molecular flexibility index (Phi) is 2.05. The van der Waals surface area contributed by atoms with Crippen molar-refractivity contribution in [1.82, 2.24) is 0 Å². The summed E-state index contributed by atoms with van der Waals surface area (Å²) in [5, 5.41) is 0. The molecule has 0 N–H and O–H groups in total. The molecule has 0 bridgehead atoms. The zero-order valence-corrected chi connectivity index (χ0v) is 8.12. The molecule has 0 spiro atoms. The highest BCUT2D eigenvalue weighted by Crippen LogP contribution is 2.28. The molecule has 2 aliphatic carbocycles.